The Bertz CT molecular complexity index is 783. The van der Waals surface area contributed by atoms with Crippen molar-refractivity contribution in [3.63, 3.8) is 0 Å². The molecule has 1 aromatic heterocycles. The molecule has 1 aliphatic rings. The summed E-state index contributed by atoms with van der Waals surface area (Å²) in [6.07, 6.45) is 2.25. The number of anilines is 3. The second-order valence-electron chi connectivity index (χ2n) is 5.97. The van der Waals surface area contributed by atoms with Gasteiger partial charge in [0, 0.05) is 24.8 Å². The smallest absolute Gasteiger partial charge is 0.323 e. The zero-order chi connectivity index (χ0) is 18.0. The summed E-state index contributed by atoms with van der Waals surface area (Å²) in [6.45, 7) is 5.45. The number of aromatic nitrogens is 2. The Morgan fingerprint density at radius 2 is 1.68 bits per heavy atom. The van der Waals surface area contributed by atoms with Gasteiger partial charge in [-0.15, -0.1) is 0 Å². The second-order valence-corrected chi connectivity index (χ2v) is 5.97. The Labute approximate surface area is 144 Å². The summed E-state index contributed by atoms with van der Waals surface area (Å²) in [7, 11) is 0. The van der Waals surface area contributed by atoms with Crippen molar-refractivity contribution >= 4 is 23.4 Å². The highest BCUT2D eigenvalue weighted by atomic mass is 19.2. The highest BCUT2D eigenvalue weighted by molar-refractivity contribution is 6.00. The summed E-state index contributed by atoms with van der Waals surface area (Å²) in [5.74, 6) is -1.33. The van der Waals surface area contributed by atoms with Gasteiger partial charge in [-0.3, -0.25) is 0 Å². The van der Waals surface area contributed by atoms with Crippen LogP contribution in [0.2, 0.25) is 0 Å². The van der Waals surface area contributed by atoms with Crippen molar-refractivity contribution in [1.82, 2.24) is 9.97 Å². The Morgan fingerprint density at radius 3 is 2.28 bits per heavy atom. The first-order valence-corrected chi connectivity index (χ1v) is 8.07. The van der Waals surface area contributed by atoms with Crippen molar-refractivity contribution in [3.8, 4) is 0 Å². The molecule has 0 unspecified atom stereocenters. The van der Waals surface area contributed by atoms with Gasteiger partial charge in [-0.2, -0.15) is 0 Å². The predicted molar refractivity (Wildman–Crippen MR) is 92.0 cm³/mol. The molecule has 2 amide bonds. The third kappa shape index (κ3) is 3.84. The molecule has 3 rings (SSSR count). The molecule has 1 saturated heterocycles. The topological polar surface area (TPSA) is 70.2 Å². The summed E-state index contributed by atoms with van der Waals surface area (Å²) < 4.78 is 26.1. The van der Waals surface area contributed by atoms with E-state index >= 15 is 0 Å². The quantitative estimate of drug-likeness (QED) is 0.890. The maximum absolute atomic E-state index is 13.2. The number of nitrogens with one attached hydrogen (secondary N) is 2. The maximum atomic E-state index is 13.2. The third-order valence-electron chi connectivity index (χ3n) is 4.06. The molecule has 0 bridgehead atoms. The summed E-state index contributed by atoms with van der Waals surface area (Å²) in [5, 5.41) is 5.13. The van der Waals surface area contributed by atoms with Crippen molar-refractivity contribution < 1.29 is 13.6 Å². The molecule has 25 heavy (non-hydrogen) atoms. The van der Waals surface area contributed by atoms with Crippen molar-refractivity contribution in [1.29, 1.82) is 0 Å². The van der Waals surface area contributed by atoms with Crippen LogP contribution in [0.5, 0.6) is 0 Å². The molecule has 2 N–H and O–H groups in total. The fourth-order valence-electron chi connectivity index (χ4n) is 2.79. The largest absolute Gasteiger partial charge is 0.341 e. The molecular weight excluding hydrogens is 328 g/mol. The van der Waals surface area contributed by atoms with E-state index in [2.05, 4.69) is 25.5 Å². The molecule has 1 fully saturated rings. The minimum atomic E-state index is -1.02. The van der Waals surface area contributed by atoms with Gasteiger partial charge in [0.2, 0.25) is 5.95 Å². The SMILES string of the molecule is Cc1nc(N2CCCC2)nc(C)c1NC(=O)Nc1ccc(F)c(F)c1. The first-order chi connectivity index (χ1) is 11.9. The van der Waals surface area contributed by atoms with Crippen LogP contribution in [0.15, 0.2) is 18.2 Å². The molecule has 1 aliphatic heterocycles. The molecule has 0 saturated carbocycles. The lowest BCUT2D eigenvalue weighted by molar-refractivity contribution is 0.262. The highest BCUT2D eigenvalue weighted by Crippen LogP contribution is 2.23. The minimum absolute atomic E-state index is 0.154. The number of amides is 2. The first-order valence-electron chi connectivity index (χ1n) is 8.07. The lowest BCUT2D eigenvalue weighted by Gasteiger charge is -2.18. The highest BCUT2D eigenvalue weighted by Gasteiger charge is 2.18. The van der Waals surface area contributed by atoms with E-state index < -0.39 is 17.7 Å². The van der Waals surface area contributed by atoms with E-state index in [1.807, 2.05) is 0 Å². The van der Waals surface area contributed by atoms with Crippen LogP contribution >= 0.6 is 0 Å². The van der Waals surface area contributed by atoms with E-state index in [0.717, 1.165) is 38.1 Å². The predicted octanol–water partition coefficient (Wildman–Crippen LogP) is 3.62. The van der Waals surface area contributed by atoms with Crippen molar-refractivity contribution in [2.24, 2.45) is 0 Å². The standard InChI is InChI=1S/C17H19F2N5O/c1-10-15(11(2)21-16(20-10)24-7-3-4-8-24)23-17(25)22-12-5-6-13(18)14(19)9-12/h5-6,9H,3-4,7-8H2,1-2H3,(H2,22,23,25). The van der Waals surface area contributed by atoms with Crippen molar-refractivity contribution in [2.75, 3.05) is 28.6 Å². The molecule has 0 radical (unpaired) electrons. The van der Waals surface area contributed by atoms with Crippen LogP contribution in [0.1, 0.15) is 24.2 Å². The van der Waals surface area contributed by atoms with Crippen LogP contribution in [-0.2, 0) is 0 Å². The van der Waals surface area contributed by atoms with Gasteiger partial charge in [0.1, 0.15) is 0 Å². The van der Waals surface area contributed by atoms with Gasteiger partial charge in [-0.1, -0.05) is 0 Å². The van der Waals surface area contributed by atoms with Crippen LogP contribution in [0, 0.1) is 25.5 Å². The number of carbonyl (C=O) groups excluding carboxylic acids is 1. The molecule has 8 heteroatoms. The molecular formula is C17H19F2N5O. The molecule has 1 aromatic carbocycles. The number of rotatable bonds is 3. The zero-order valence-corrected chi connectivity index (χ0v) is 14.1. The zero-order valence-electron chi connectivity index (χ0n) is 14.1. The van der Waals surface area contributed by atoms with Gasteiger partial charge >= 0.3 is 6.03 Å². The minimum Gasteiger partial charge on any atom is -0.341 e. The monoisotopic (exact) mass is 347 g/mol. The van der Waals surface area contributed by atoms with Crippen LogP contribution in [0.4, 0.5) is 30.9 Å². The van der Waals surface area contributed by atoms with Gasteiger partial charge in [0.25, 0.3) is 0 Å². The number of carbonyl (C=O) groups is 1. The Hall–Kier alpha value is -2.77. The van der Waals surface area contributed by atoms with Gasteiger partial charge in [0.15, 0.2) is 11.6 Å². The van der Waals surface area contributed by atoms with E-state index in [9.17, 15) is 13.6 Å². The van der Waals surface area contributed by atoms with Crippen LogP contribution < -0.4 is 15.5 Å². The molecule has 2 aromatic rings. The normalized spacial score (nSPS) is 13.8. The molecule has 2 heterocycles. The van der Waals surface area contributed by atoms with Gasteiger partial charge in [-0.05, 0) is 38.8 Å². The maximum Gasteiger partial charge on any atom is 0.323 e. The number of urea groups is 1. The molecule has 6 nitrogen and oxygen atoms in total. The van der Waals surface area contributed by atoms with E-state index in [1.165, 1.54) is 6.07 Å². The summed E-state index contributed by atoms with van der Waals surface area (Å²) in [5.41, 5.74) is 1.95. The van der Waals surface area contributed by atoms with Gasteiger partial charge < -0.3 is 15.5 Å². The van der Waals surface area contributed by atoms with Crippen LogP contribution in [0.25, 0.3) is 0 Å². The molecule has 132 valence electrons. The summed E-state index contributed by atoms with van der Waals surface area (Å²) in [6, 6.07) is 2.58. The molecule has 0 atom stereocenters. The number of hydrogen-bond acceptors (Lipinski definition) is 4. The van der Waals surface area contributed by atoms with E-state index in [-0.39, 0.29) is 5.69 Å². The number of nitrogens with zero attached hydrogens (tertiary/aromatic N) is 3. The van der Waals surface area contributed by atoms with Crippen molar-refractivity contribution in [3.05, 3.63) is 41.2 Å². The molecule has 0 spiro atoms. The van der Waals surface area contributed by atoms with Crippen LogP contribution in [0.3, 0.4) is 0 Å². The molecule has 0 aliphatic carbocycles. The number of hydrogen-bond donors (Lipinski definition) is 2. The van der Waals surface area contributed by atoms with Crippen LogP contribution in [-0.4, -0.2) is 29.1 Å². The Kier molecular flexibility index (Phi) is 4.78. The lowest BCUT2D eigenvalue weighted by Crippen LogP contribution is -2.24. The number of halogens is 2. The fourth-order valence-corrected chi connectivity index (χ4v) is 2.79. The fraction of sp³-hybridized carbons (Fsp3) is 0.353. The summed E-state index contributed by atoms with van der Waals surface area (Å²) in [4.78, 5) is 23.2. The number of aryl methyl sites for hydroxylation is 2. The third-order valence-corrected chi connectivity index (χ3v) is 4.06. The second kappa shape index (κ2) is 7.00. The lowest BCUT2D eigenvalue weighted by atomic mass is 10.3. The average molecular weight is 347 g/mol. The van der Waals surface area contributed by atoms with E-state index in [0.29, 0.717) is 23.0 Å². The van der Waals surface area contributed by atoms with E-state index in [1.54, 1.807) is 13.8 Å². The van der Waals surface area contributed by atoms with Gasteiger partial charge in [0.05, 0.1) is 17.1 Å². The summed E-state index contributed by atoms with van der Waals surface area (Å²) >= 11 is 0. The average Bonchev–Trinajstić information content (AvgIpc) is 3.09. The van der Waals surface area contributed by atoms with E-state index in [4.69, 9.17) is 0 Å². The van der Waals surface area contributed by atoms with Gasteiger partial charge in [-0.25, -0.2) is 23.5 Å². The first kappa shape index (κ1) is 17.1. The van der Waals surface area contributed by atoms with Crippen molar-refractivity contribution in [2.45, 2.75) is 26.7 Å². The Balaban J connectivity index is 1.73. The number of benzene rings is 1. The Morgan fingerprint density at radius 1 is 1.04 bits per heavy atom.